The van der Waals surface area contributed by atoms with E-state index in [-0.39, 0.29) is 0 Å². The average molecular weight is 350 g/mol. The van der Waals surface area contributed by atoms with Gasteiger partial charge in [0.1, 0.15) is 11.5 Å². The molecule has 0 aliphatic heterocycles. The molecule has 0 saturated heterocycles. The average Bonchev–Trinajstić information content (AvgIpc) is 2.98. The molecular formula is C22H26N2O2. The maximum atomic E-state index is 5.90. The lowest BCUT2D eigenvalue weighted by atomic mass is 10.1. The maximum absolute atomic E-state index is 5.90. The zero-order valence-corrected chi connectivity index (χ0v) is 15.7. The van der Waals surface area contributed by atoms with Gasteiger partial charge in [-0.25, -0.2) is 4.98 Å². The first-order chi connectivity index (χ1) is 12.6. The van der Waals surface area contributed by atoms with Gasteiger partial charge in [-0.15, -0.1) is 0 Å². The van der Waals surface area contributed by atoms with Gasteiger partial charge in [-0.1, -0.05) is 42.5 Å². The summed E-state index contributed by atoms with van der Waals surface area (Å²) in [6.07, 6.45) is 0.747. The minimum absolute atomic E-state index is 0.305. The first kappa shape index (κ1) is 18.2. The molecule has 0 saturated carbocycles. The van der Waals surface area contributed by atoms with Crippen molar-refractivity contribution in [3.63, 3.8) is 0 Å². The van der Waals surface area contributed by atoms with Gasteiger partial charge in [0.2, 0.25) is 0 Å². The number of rotatable bonds is 8. The minimum atomic E-state index is 0.305. The van der Waals surface area contributed by atoms with Crippen LogP contribution in [0, 0.1) is 13.8 Å². The van der Waals surface area contributed by atoms with Gasteiger partial charge < -0.3 is 14.5 Å². The molecule has 0 bridgehead atoms. The summed E-state index contributed by atoms with van der Waals surface area (Å²) >= 11 is 0. The highest BCUT2D eigenvalue weighted by molar-refractivity contribution is 5.29. The number of aromatic nitrogens is 1. The van der Waals surface area contributed by atoms with Crippen molar-refractivity contribution in [2.75, 3.05) is 6.61 Å². The van der Waals surface area contributed by atoms with Gasteiger partial charge in [-0.3, -0.25) is 0 Å². The Morgan fingerprint density at radius 3 is 2.62 bits per heavy atom. The van der Waals surface area contributed by atoms with E-state index in [1.807, 2.05) is 32.0 Å². The third-order valence-corrected chi connectivity index (χ3v) is 4.42. The van der Waals surface area contributed by atoms with Gasteiger partial charge in [0.15, 0.2) is 5.89 Å². The molecule has 0 aliphatic rings. The fourth-order valence-electron chi connectivity index (χ4n) is 2.95. The lowest BCUT2D eigenvalue weighted by Crippen LogP contribution is -2.18. The summed E-state index contributed by atoms with van der Waals surface area (Å²) in [6.45, 7) is 7.37. The van der Waals surface area contributed by atoms with Crippen LogP contribution in [0.15, 0.2) is 59.0 Å². The van der Waals surface area contributed by atoms with Crippen molar-refractivity contribution in [1.82, 2.24) is 10.3 Å². The zero-order chi connectivity index (χ0) is 18.4. The van der Waals surface area contributed by atoms with E-state index in [9.17, 15) is 0 Å². The SMILES string of the molecule is Cc1nc(CCOc2cccc(CN[C@@H](C)c3ccccc3)c2)c(C)o1. The van der Waals surface area contributed by atoms with Gasteiger partial charge in [-0.05, 0) is 37.1 Å². The van der Waals surface area contributed by atoms with Crippen LogP contribution in [-0.4, -0.2) is 11.6 Å². The second-order valence-electron chi connectivity index (χ2n) is 6.49. The van der Waals surface area contributed by atoms with Crippen molar-refractivity contribution in [3.8, 4) is 5.75 Å². The molecule has 0 amide bonds. The van der Waals surface area contributed by atoms with Crippen molar-refractivity contribution < 1.29 is 9.15 Å². The summed E-state index contributed by atoms with van der Waals surface area (Å²) in [4.78, 5) is 4.38. The van der Waals surface area contributed by atoms with E-state index in [4.69, 9.17) is 9.15 Å². The Kier molecular flexibility index (Phi) is 6.08. The number of aryl methyl sites for hydroxylation is 2. The second kappa shape index (κ2) is 8.68. The smallest absolute Gasteiger partial charge is 0.191 e. The molecule has 0 aliphatic carbocycles. The monoisotopic (exact) mass is 350 g/mol. The Hall–Kier alpha value is -2.59. The molecule has 1 aromatic heterocycles. The van der Waals surface area contributed by atoms with Gasteiger partial charge in [0, 0.05) is 25.9 Å². The van der Waals surface area contributed by atoms with Crippen molar-refractivity contribution in [1.29, 1.82) is 0 Å². The zero-order valence-electron chi connectivity index (χ0n) is 15.7. The minimum Gasteiger partial charge on any atom is -0.493 e. The standard InChI is InChI=1S/C22H26N2O2/c1-16(20-9-5-4-6-10-20)23-15-19-8-7-11-21(14-19)25-13-12-22-17(2)26-18(3)24-22/h4-11,14,16,23H,12-13,15H2,1-3H3/t16-/m0/s1. The molecule has 2 aromatic carbocycles. The van der Waals surface area contributed by atoms with Crippen LogP contribution in [0.4, 0.5) is 0 Å². The van der Waals surface area contributed by atoms with E-state index >= 15 is 0 Å². The third-order valence-electron chi connectivity index (χ3n) is 4.42. The highest BCUT2D eigenvalue weighted by Crippen LogP contribution is 2.17. The fourth-order valence-corrected chi connectivity index (χ4v) is 2.95. The van der Waals surface area contributed by atoms with E-state index in [0.29, 0.717) is 18.5 Å². The van der Waals surface area contributed by atoms with Crippen LogP contribution in [0.2, 0.25) is 0 Å². The Balaban J connectivity index is 1.50. The predicted molar refractivity (Wildman–Crippen MR) is 103 cm³/mol. The molecule has 0 unspecified atom stereocenters. The molecule has 4 heteroatoms. The van der Waals surface area contributed by atoms with Crippen LogP contribution in [0.1, 0.15) is 41.4 Å². The number of hydrogen-bond acceptors (Lipinski definition) is 4. The van der Waals surface area contributed by atoms with Gasteiger partial charge in [0.05, 0.1) is 12.3 Å². The van der Waals surface area contributed by atoms with E-state index in [1.165, 1.54) is 11.1 Å². The molecule has 0 spiro atoms. The molecule has 4 nitrogen and oxygen atoms in total. The number of nitrogens with one attached hydrogen (secondary N) is 1. The van der Waals surface area contributed by atoms with E-state index < -0.39 is 0 Å². The highest BCUT2D eigenvalue weighted by atomic mass is 16.5. The number of oxazole rings is 1. The number of hydrogen-bond donors (Lipinski definition) is 1. The van der Waals surface area contributed by atoms with Crippen LogP contribution in [-0.2, 0) is 13.0 Å². The number of nitrogens with zero attached hydrogens (tertiary/aromatic N) is 1. The molecule has 1 N–H and O–H groups in total. The molecule has 0 radical (unpaired) electrons. The highest BCUT2D eigenvalue weighted by Gasteiger charge is 2.07. The first-order valence-electron chi connectivity index (χ1n) is 9.05. The summed E-state index contributed by atoms with van der Waals surface area (Å²) in [7, 11) is 0. The van der Waals surface area contributed by atoms with Crippen LogP contribution >= 0.6 is 0 Å². The fraction of sp³-hybridized carbons (Fsp3) is 0.318. The Morgan fingerprint density at radius 1 is 1.08 bits per heavy atom. The largest absolute Gasteiger partial charge is 0.493 e. The number of benzene rings is 2. The molecule has 3 aromatic rings. The molecule has 1 atom stereocenters. The summed E-state index contributed by atoms with van der Waals surface area (Å²) in [5.41, 5.74) is 3.47. The van der Waals surface area contributed by atoms with Crippen LogP contribution < -0.4 is 10.1 Å². The summed E-state index contributed by atoms with van der Waals surface area (Å²) in [5, 5.41) is 3.56. The van der Waals surface area contributed by atoms with Gasteiger partial charge >= 0.3 is 0 Å². The van der Waals surface area contributed by atoms with Crippen LogP contribution in [0.3, 0.4) is 0 Å². The maximum Gasteiger partial charge on any atom is 0.191 e. The molecular weight excluding hydrogens is 324 g/mol. The first-order valence-corrected chi connectivity index (χ1v) is 9.05. The Bertz CT molecular complexity index is 827. The quantitative estimate of drug-likeness (QED) is 0.636. The molecule has 136 valence electrons. The van der Waals surface area contributed by atoms with E-state index in [0.717, 1.165) is 30.2 Å². The van der Waals surface area contributed by atoms with Gasteiger partial charge in [0.25, 0.3) is 0 Å². The Morgan fingerprint density at radius 2 is 1.88 bits per heavy atom. The van der Waals surface area contributed by atoms with E-state index in [1.54, 1.807) is 0 Å². The molecule has 26 heavy (non-hydrogen) atoms. The third kappa shape index (κ3) is 4.96. The Labute approximate surface area is 155 Å². The normalized spacial score (nSPS) is 12.1. The lowest BCUT2D eigenvalue weighted by molar-refractivity contribution is 0.319. The lowest BCUT2D eigenvalue weighted by Gasteiger charge is -2.15. The second-order valence-corrected chi connectivity index (χ2v) is 6.49. The predicted octanol–water partition coefficient (Wildman–Crippen LogP) is 4.76. The topological polar surface area (TPSA) is 47.3 Å². The summed E-state index contributed by atoms with van der Waals surface area (Å²) < 4.78 is 11.3. The van der Waals surface area contributed by atoms with Crippen LogP contribution in [0.25, 0.3) is 0 Å². The summed E-state index contributed by atoms with van der Waals surface area (Å²) in [5.74, 6) is 2.46. The molecule has 0 fully saturated rings. The van der Waals surface area contributed by atoms with Crippen molar-refractivity contribution in [2.24, 2.45) is 0 Å². The van der Waals surface area contributed by atoms with Crippen molar-refractivity contribution in [3.05, 3.63) is 83.1 Å². The van der Waals surface area contributed by atoms with Crippen molar-refractivity contribution >= 4 is 0 Å². The van der Waals surface area contributed by atoms with Crippen LogP contribution in [0.5, 0.6) is 5.75 Å². The van der Waals surface area contributed by atoms with Gasteiger partial charge in [-0.2, -0.15) is 0 Å². The number of ether oxygens (including phenoxy) is 1. The summed E-state index contributed by atoms with van der Waals surface area (Å²) in [6, 6.07) is 19.0. The molecule has 3 rings (SSSR count). The van der Waals surface area contributed by atoms with E-state index in [2.05, 4.69) is 53.6 Å². The van der Waals surface area contributed by atoms with Crippen molar-refractivity contribution in [2.45, 2.75) is 39.8 Å². The molecule has 1 heterocycles.